The second-order valence-electron chi connectivity index (χ2n) is 8.19. The molecule has 1 amide bonds. The van der Waals surface area contributed by atoms with Gasteiger partial charge in [0.05, 0.1) is 12.1 Å². The molecular formula is C22H22F3N5O2. The summed E-state index contributed by atoms with van der Waals surface area (Å²) in [7, 11) is 0. The average Bonchev–Trinajstić information content (AvgIpc) is 3.40. The summed E-state index contributed by atoms with van der Waals surface area (Å²) in [5, 5.41) is 0. The molecule has 0 radical (unpaired) electrons. The van der Waals surface area contributed by atoms with Crippen LogP contribution in [0.4, 0.5) is 13.2 Å². The highest BCUT2D eigenvalue weighted by atomic mass is 19.4. The molecule has 1 saturated heterocycles. The molecule has 32 heavy (non-hydrogen) atoms. The van der Waals surface area contributed by atoms with Gasteiger partial charge >= 0.3 is 6.18 Å². The van der Waals surface area contributed by atoms with Crippen molar-refractivity contribution in [1.29, 1.82) is 0 Å². The maximum atomic E-state index is 12.9. The predicted molar refractivity (Wildman–Crippen MR) is 110 cm³/mol. The van der Waals surface area contributed by atoms with Gasteiger partial charge in [-0.3, -0.25) is 4.79 Å². The van der Waals surface area contributed by atoms with E-state index in [1.54, 1.807) is 0 Å². The van der Waals surface area contributed by atoms with Crippen LogP contribution in [0.2, 0.25) is 0 Å². The first-order valence-electron chi connectivity index (χ1n) is 10.7. The van der Waals surface area contributed by atoms with E-state index in [2.05, 4.69) is 15.0 Å². The van der Waals surface area contributed by atoms with Crippen molar-refractivity contribution in [2.45, 2.75) is 45.0 Å². The zero-order valence-corrected chi connectivity index (χ0v) is 17.5. The molecule has 5 rings (SSSR count). The number of carbonyl (C=O) groups excluding carboxylic acids is 1. The number of hydrogen-bond acceptors (Lipinski definition) is 5. The van der Waals surface area contributed by atoms with E-state index in [0.29, 0.717) is 54.5 Å². The Bertz CT molecular complexity index is 1150. The third-order valence-electron chi connectivity index (χ3n) is 5.95. The van der Waals surface area contributed by atoms with Crippen LogP contribution in [0.5, 0.6) is 5.88 Å². The molecule has 2 fully saturated rings. The van der Waals surface area contributed by atoms with Gasteiger partial charge in [0, 0.05) is 31.0 Å². The summed E-state index contributed by atoms with van der Waals surface area (Å²) in [6, 6.07) is 4.90. The van der Waals surface area contributed by atoms with E-state index < -0.39 is 11.7 Å². The van der Waals surface area contributed by atoms with Crippen molar-refractivity contribution >= 4 is 17.1 Å². The highest BCUT2D eigenvalue weighted by molar-refractivity contribution is 5.82. The topological polar surface area (TPSA) is 73.1 Å². The third-order valence-corrected chi connectivity index (χ3v) is 5.95. The van der Waals surface area contributed by atoms with Crippen LogP contribution in [0.3, 0.4) is 0 Å². The molecule has 168 valence electrons. The number of likely N-dealkylation sites (tertiary alicyclic amines) is 1. The van der Waals surface area contributed by atoms with Gasteiger partial charge in [0.2, 0.25) is 11.8 Å². The summed E-state index contributed by atoms with van der Waals surface area (Å²) in [4.78, 5) is 27.4. The van der Waals surface area contributed by atoms with Crippen molar-refractivity contribution in [1.82, 2.24) is 24.4 Å². The number of aromatic nitrogens is 4. The van der Waals surface area contributed by atoms with Gasteiger partial charge in [-0.2, -0.15) is 18.2 Å². The number of alkyl halides is 3. The molecule has 10 heteroatoms. The summed E-state index contributed by atoms with van der Waals surface area (Å²) >= 11 is 0. The summed E-state index contributed by atoms with van der Waals surface area (Å²) in [5.74, 6) is 1.19. The van der Waals surface area contributed by atoms with Crippen LogP contribution in [0.25, 0.3) is 22.6 Å². The molecule has 0 N–H and O–H groups in total. The number of rotatable bonds is 5. The van der Waals surface area contributed by atoms with Gasteiger partial charge in [-0.05, 0) is 31.9 Å². The molecule has 1 saturated carbocycles. The highest BCUT2D eigenvalue weighted by Gasteiger charge is 2.37. The molecule has 0 bridgehead atoms. The zero-order chi connectivity index (χ0) is 22.5. The lowest BCUT2D eigenvalue weighted by molar-refractivity contribution is -0.137. The first kappa shape index (κ1) is 20.7. The molecule has 0 spiro atoms. The number of carbonyl (C=O) groups is 1. The molecule has 1 aromatic carbocycles. The van der Waals surface area contributed by atoms with E-state index in [0.717, 1.165) is 25.0 Å². The minimum absolute atomic E-state index is 0.172. The minimum atomic E-state index is -4.40. The zero-order valence-electron chi connectivity index (χ0n) is 17.5. The third kappa shape index (κ3) is 3.78. The standard InChI is InChI=1S/C22H22F3N5O2/c1-2-30-18(13-5-7-15(8-6-13)22(23,24)25)28-17-19(30)26-12-27-20(17)32-16-9-10-29(11-16)21(31)14-3-4-14/h5-8,12,14,16H,2-4,9-11H2,1H3. The second kappa shape index (κ2) is 7.75. The van der Waals surface area contributed by atoms with Crippen LogP contribution in [0.15, 0.2) is 30.6 Å². The number of amides is 1. The van der Waals surface area contributed by atoms with Crippen LogP contribution in [-0.4, -0.2) is 49.5 Å². The van der Waals surface area contributed by atoms with Crippen LogP contribution in [-0.2, 0) is 17.5 Å². The Morgan fingerprint density at radius 1 is 1.16 bits per heavy atom. The maximum Gasteiger partial charge on any atom is 0.416 e. The molecule has 3 heterocycles. The molecule has 1 atom stereocenters. The molecular weight excluding hydrogens is 423 g/mol. The Kier molecular flexibility index (Phi) is 5.02. The number of ether oxygens (including phenoxy) is 1. The number of fused-ring (bicyclic) bond motifs is 1. The van der Waals surface area contributed by atoms with E-state index in [-0.39, 0.29) is 17.9 Å². The lowest BCUT2D eigenvalue weighted by Gasteiger charge is -2.16. The monoisotopic (exact) mass is 445 g/mol. The van der Waals surface area contributed by atoms with Crippen molar-refractivity contribution in [3.63, 3.8) is 0 Å². The van der Waals surface area contributed by atoms with E-state index >= 15 is 0 Å². The van der Waals surface area contributed by atoms with Crippen molar-refractivity contribution in [3.8, 4) is 17.3 Å². The van der Waals surface area contributed by atoms with Gasteiger partial charge in [0.25, 0.3) is 0 Å². The fourth-order valence-corrected chi connectivity index (χ4v) is 4.10. The van der Waals surface area contributed by atoms with Crippen LogP contribution >= 0.6 is 0 Å². The van der Waals surface area contributed by atoms with Gasteiger partial charge in [0.1, 0.15) is 18.3 Å². The van der Waals surface area contributed by atoms with Crippen molar-refractivity contribution in [3.05, 3.63) is 36.2 Å². The summed E-state index contributed by atoms with van der Waals surface area (Å²) < 4.78 is 46.7. The van der Waals surface area contributed by atoms with Gasteiger partial charge in [-0.15, -0.1) is 0 Å². The lowest BCUT2D eigenvalue weighted by atomic mass is 10.1. The first-order valence-corrected chi connectivity index (χ1v) is 10.7. The van der Waals surface area contributed by atoms with Crippen molar-refractivity contribution in [2.24, 2.45) is 5.92 Å². The van der Waals surface area contributed by atoms with E-state index in [4.69, 9.17) is 4.74 Å². The summed E-state index contributed by atoms with van der Waals surface area (Å²) in [6.45, 7) is 3.61. The van der Waals surface area contributed by atoms with Crippen LogP contribution in [0, 0.1) is 5.92 Å². The van der Waals surface area contributed by atoms with Gasteiger partial charge < -0.3 is 14.2 Å². The molecule has 3 aromatic rings. The molecule has 1 aliphatic heterocycles. The number of benzene rings is 1. The fraction of sp³-hybridized carbons (Fsp3) is 0.455. The molecule has 2 aromatic heterocycles. The van der Waals surface area contributed by atoms with Gasteiger partial charge in [-0.25, -0.2) is 9.97 Å². The Hall–Kier alpha value is -3.17. The first-order chi connectivity index (χ1) is 15.3. The van der Waals surface area contributed by atoms with E-state index in [9.17, 15) is 18.0 Å². The second-order valence-corrected chi connectivity index (χ2v) is 8.19. The Labute approximate surface area is 182 Å². The fourth-order valence-electron chi connectivity index (χ4n) is 4.10. The quantitative estimate of drug-likeness (QED) is 0.595. The lowest BCUT2D eigenvalue weighted by Crippen LogP contribution is -2.32. The van der Waals surface area contributed by atoms with Crippen LogP contribution in [0.1, 0.15) is 31.7 Å². The van der Waals surface area contributed by atoms with E-state index in [1.807, 2.05) is 16.4 Å². The number of halogens is 3. The van der Waals surface area contributed by atoms with E-state index in [1.165, 1.54) is 18.5 Å². The highest BCUT2D eigenvalue weighted by Crippen LogP contribution is 2.34. The number of hydrogen-bond donors (Lipinski definition) is 0. The average molecular weight is 445 g/mol. The summed E-state index contributed by atoms with van der Waals surface area (Å²) in [5.41, 5.74) is 0.842. The van der Waals surface area contributed by atoms with Crippen LogP contribution < -0.4 is 4.74 Å². The maximum absolute atomic E-state index is 12.9. The summed E-state index contributed by atoms with van der Waals surface area (Å²) in [6.07, 6.45) is -0.541. The predicted octanol–water partition coefficient (Wildman–Crippen LogP) is 3.92. The van der Waals surface area contributed by atoms with Gasteiger partial charge in [-0.1, -0.05) is 12.1 Å². The van der Waals surface area contributed by atoms with Crippen molar-refractivity contribution < 1.29 is 22.7 Å². The SMILES string of the molecule is CCn1c(-c2ccc(C(F)(F)F)cc2)nc2c(OC3CCN(C(=O)C4CC4)C3)ncnc21. The Morgan fingerprint density at radius 3 is 2.56 bits per heavy atom. The number of nitrogens with zero attached hydrogens (tertiary/aromatic N) is 5. The normalized spacial score (nSPS) is 19.0. The molecule has 7 nitrogen and oxygen atoms in total. The van der Waals surface area contributed by atoms with Crippen molar-refractivity contribution in [2.75, 3.05) is 13.1 Å². The molecule has 1 aliphatic carbocycles. The number of aryl methyl sites for hydroxylation is 1. The number of imidazole rings is 1. The molecule has 1 unspecified atom stereocenters. The smallest absolute Gasteiger partial charge is 0.416 e. The Morgan fingerprint density at radius 2 is 1.91 bits per heavy atom. The Balaban J connectivity index is 1.43. The largest absolute Gasteiger partial charge is 0.471 e. The van der Waals surface area contributed by atoms with Gasteiger partial charge in [0.15, 0.2) is 11.2 Å². The minimum Gasteiger partial charge on any atom is -0.471 e. The molecule has 2 aliphatic rings.